The normalized spacial score (nSPS) is 16.7. The molecule has 2 aromatic carbocycles. The van der Waals surface area contributed by atoms with Crippen LogP contribution in [0.3, 0.4) is 0 Å². The highest BCUT2D eigenvalue weighted by atomic mass is 16.5. The van der Waals surface area contributed by atoms with E-state index in [0.29, 0.717) is 32.3 Å². The summed E-state index contributed by atoms with van der Waals surface area (Å²) < 4.78 is 11.9. The smallest absolute Gasteiger partial charge is 0.298 e. The largest absolute Gasteiger partial charge is 0.493 e. The monoisotopic (exact) mass is 566 g/mol. The van der Waals surface area contributed by atoms with Crippen molar-refractivity contribution in [1.82, 2.24) is 19.8 Å². The van der Waals surface area contributed by atoms with Crippen molar-refractivity contribution in [2.45, 2.75) is 26.4 Å². The molecule has 6 bridgehead atoms. The van der Waals surface area contributed by atoms with E-state index < -0.39 is 0 Å². The Morgan fingerprint density at radius 3 is 2.98 bits per heavy atom. The first-order chi connectivity index (χ1) is 20.7. The van der Waals surface area contributed by atoms with Crippen LogP contribution in [0.25, 0.3) is 11.3 Å². The first-order valence-electron chi connectivity index (χ1n) is 14.5. The van der Waals surface area contributed by atoms with Crippen molar-refractivity contribution < 1.29 is 14.3 Å². The number of carbonyl (C=O) groups is 1. The standard InChI is InChI=1S/C33H38N6O3/c1-2-8-32(40)39-15-7-14-38(17-18-39)16-13-34-28-21-26-22-29(24-28)36-33-35-12-11-31(37-33)27-9-6-10-30(23-27)42-20-5-3-4-19-41-25-26/h3-4,6,9-12,21-24,34H,5,7,13-20,25H2,1H3,(H,35,36,37)/b4-3+. The van der Waals surface area contributed by atoms with Gasteiger partial charge in [-0.05, 0) is 74.2 Å². The van der Waals surface area contributed by atoms with E-state index in [1.807, 2.05) is 41.3 Å². The van der Waals surface area contributed by atoms with Crippen molar-refractivity contribution in [3.63, 3.8) is 0 Å². The molecule has 0 saturated carbocycles. The van der Waals surface area contributed by atoms with E-state index in [2.05, 4.69) is 56.6 Å². The molecule has 0 spiro atoms. The Hall–Kier alpha value is -4.39. The maximum atomic E-state index is 12.2. The maximum Gasteiger partial charge on any atom is 0.298 e. The van der Waals surface area contributed by atoms with Gasteiger partial charge >= 0.3 is 0 Å². The lowest BCUT2D eigenvalue weighted by Crippen LogP contribution is -2.35. The number of nitrogens with one attached hydrogen (secondary N) is 2. The Morgan fingerprint density at radius 2 is 2.05 bits per heavy atom. The lowest BCUT2D eigenvalue weighted by Gasteiger charge is -2.21. The van der Waals surface area contributed by atoms with Crippen LogP contribution in [0, 0.1) is 11.8 Å². The van der Waals surface area contributed by atoms with E-state index in [0.717, 1.165) is 79.5 Å². The van der Waals surface area contributed by atoms with Crippen LogP contribution in [0.4, 0.5) is 17.3 Å². The lowest BCUT2D eigenvalue weighted by atomic mass is 10.1. The molecule has 42 heavy (non-hydrogen) atoms. The molecule has 3 aromatic rings. The number of aromatic nitrogens is 2. The fourth-order valence-electron chi connectivity index (χ4n) is 5.02. The highest BCUT2D eigenvalue weighted by Gasteiger charge is 2.17. The molecule has 0 aliphatic carbocycles. The van der Waals surface area contributed by atoms with Gasteiger partial charge in [-0.1, -0.05) is 30.2 Å². The summed E-state index contributed by atoms with van der Waals surface area (Å²) in [4.78, 5) is 25.7. The summed E-state index contributed by atoms with van der Waals surface area (Å²) in [6.07, 6.45) is 7.63. The van der Waals surface area contributed by atoms with Gasteiger partial charge in [0, 0.05) is 55.9 Å². The second-order valence-corrected chi connectivity index (χ2v) is 10.2. The van der Waals surface area contributed by atoms with Crippen LogP contribution in [-0.2, 0) is 16.1 Å². The van der Waals surface area contributed by atoms with Crippen LogP contribution in [0.1, 0.15) is 25.3 Å². The molecule has 1 amide bonds. The molecule has 0 radical (unpaired) electrons. The molecule has 2 aliphatic heterocycles. The second kappa shape index (κ2) is 15.0. The van der Waals surface area contributed by atoms with Crippen molar-refractivity contribution in [2.75, 3.05) is 63.1 Å². The van der Waals surface area contributed by atoms with Crippen molar-refractivity contribution in [1.29, 1.82) is 0 Å². The summed E-state index contributed by atoms with van der Waals surface area (Å²) in [6.45, 7) is 8.22. The molecule has 0 unspecified atom stereocenters. The number of rotatable bonds is 4. The number of hydrogen-bond acceptors (Lipinski definition) is 8. The average molecular weight is 567 g/mol. The SMILES string of the molecule is CC#CC(=O)N1CCCN(CCNc2cc3cc(c2)Nc2nccc(n2)-c2cccc(c2)OCC/C=C/COC3)CC1. The van der Waals surface area contributed by atoms with Gasteiger partial charge in [-0.2, -0.15) is 0 Å². The molecule has 9 nitrogen and oxygen atoms in total. The molecule has 0 atom stereocenters. The van der Waals surface area contributed by atoms with Crippen molar-refractivity contribution in [3.8, 4) is 28.8 Å². The molecule has 2 N–H and O–H groups in total. The predicted octanol–water partition coefficient (Wildman–Crippen LogP) is 4.71. The molecule has 9 heteroatoms. The van der Waals surface area contributed by atoms with E-state index in [1.165, 1.54) is 0 Å². The number of hydrogen-bond donors (Lipinski definition) is 2. The lowest BCUT2D eigenvalue weighted by molar-refractivity contribution is -0.125. The summed E-state index contributed by atoms with van der Waals surface area (Å²) in [5.74, 6) is 6.63. The van der Waals surface area contributed by atoms with Crippen LogP contribution >= 0.6 is 0 Å². The van der Waals surface area contributed by atoms with Gasteiger partial charge in [0.15, 0.2) is 0 Å². The topological polar surface area (TPSA) is 91.9 Å². The van der Waals surface area contributed by atoms with Gasteiger partial charge in [-0.15, -0.1) is 0 Å². The molecule has 218 valence electrons. The minimum absolute atomic E-state index is 0.0766. The zero-order valence-electron chi connectivity index (χ0n) is 24.1. The Balaban J connectivity index is 1.28. The van der Waals surface area contributed by atoms with Gasteiger partial charge < -0.3 is 25.0 Å². The highest BCUT2D eigenvalue weighted by Crippen LogP contribution is 2.26. The van der Waals surface area contributed by atoms with Gasteiger partial charge in [-0.25, -0.2) is 9.97 Å². The fourth-order valence-corrected chi connectivity index (χ4v) is 5.02. The van der Waals surface area contributed by atoms with Crippen molar-refractivity contribution >= 4 is 23.2 Å². The fraction of sp³-hybridized carbons (Fsp3) is 0.364. The van der Waals surface area contributed by atoms with Crippen molar-refractivity contribution in [3.05, 3.63) is 72.4 Å². The van der Waals surface area contributed by atoms with E-state index in [-0.39, 0.29) is 5.91 Å². The van der Waals surface area contributed by atoms with Crippen LogP contribution in [0.2, 0.25) is 0 Å². The summed E-state index contributed by atoms with van der Waals surface area (Å²) in [7, 11) is 0. The third kappa shape index (κ3) is 8.56. The highest BCUT2D eigenvalue weighted by molar-refractivity contribution is 5.93. The van der Waals surface area contributed by atoms with Gasteiger partial charge in [0.2, 0.25) is 5.95 Å². The Morgan fingerprint density at radius 1 is 1.10 bits per heavy atom. The molecule has 1 aromatic heterocycles. The van der Waals surface area contributed by atoms with Gasteiger partial charge in [0.25, 0.3) is 5.91 Å². The van der Waals surface area contributed by atoms with Crippen LogP contribution in [-0.4, -0.2) is 78.2 Å². The summed E-state index contributed by atoms with van der Waals surface area (Å²) >= 11 is 0. The average Bonchev–Trinajstić information content (AvgIpc) is 3.24. The van der Waals surface area contributed by atoms with E-state index >= 15 is 0 Å². The summed E-state index contributed by atoms with van der Waals surface area (Å²) in [5, 5.41) is 6.97. The van der Waals surface area contributed by atoms with E-state index in [9.17, 15) is 4.79 Å². The number of ether oxygens (including phenoxy) is 2. The number of nitrogens with zero attached hydrogens (tertiary/aromatic N) is 4. The molecule has 3 heterocycles. The van der Waals surface area contributed by atoms with Gasteiger partial charge in [0.05, 0.1) is 25.5 Å². The van der Waals surface area contributed by atoms with E-state index in [4.69, 9.17) is 14.5 Å². The van der Waals surface area contributed by atoms with Gasteiger partial charge in [-0.3, -0.25) is 9.69 Å². The molecule has 1 fully saturated rings. The number of anilines is 3. The van der Waals surface area contributed by atoms with Crippen LogP contribution < -0.4 is 15.4 Å². The molecule has 2 aliphatic rings. The van der Waals surface area contributed by atoms with Crippen LogP contribution in [0.5, 0.6) is 5.75 Å². The van der Waals surface area contributed by atoms with Crippen LogP contribution in [0.15, 0.2) is 66.9 Å². The number of carbonyl (C=O) groups excluding carboxylic acids is 1. The Kier molecular flexibility index (Phi) is 10.4. The number of fused-ring (bicyclic) bond motifs is 7. The maximum absolute atomic E-state index is 12.2. The van der Waals surface area contributed by atoms with E-state index in [1.54, 1.807) is 13.1 Å². The zero-order valence-corrected chi connectivity index (χ0v) is 24.1. The molecular formula is C33H38N6O3. The third-order valence-corrected chi connectivity index (χ3v) is 7.10. The minimum atomic E-state index is -0.0766. The molecular weight excluding hydrogens is 528 g/mol. The first-order valence-corrected chi connectivity index (χ1v) is 14.5. The molecule has 1 saturated heterocycles. The second-order valence-electron chi connectivity index (χ2n) is 10.2. The van der Waals surface area contributed by atoms with Gasteiger partial charge in [0.1, 0.15) is 5.75 Å². The summed E-state index contributed by atoms with van der Waals surface area (Å²) in [5.41, 5.74) is 4.71. The number of benzene rings is 2. The van der Waals surface area contributed by atoms with Crippen molar-refractivity contribution in [2.24, 2.45) is 0 Å². The Bertz CT molecular complexity index is 1450. The Labute approximate surface area is 247 Å². The first kappa shape index (κ1) is 29.1. The predicted molar refractivity (Wildman–Crippen MR) is 166 cm³/mol. The quantitative estimate of drug-likeness (QED) is 0.347. The minimum Gasteiger partial charge on any atom is -0.493 e. The zero-order chi connectivity index (χ0) is 29.0. The molecule has 5 rings (SSSR count). The third-order valence-electron chi connectivity index (χ3n) is 7.10. The number of amides is 1. The summed E-state index contributed by atoms with van der Waals surface area (Å²) in [6, 6.07) is 16.1.